The molecule has 0 radical (unpaired) electrons. The van der Waals surface area contributed by atoms with E-state index in [-0.39, 0.29) is 18.5 Å². The normalized spacial score (nSPS) is 23.9. The quantitative estimate of drug-likeness (QED) is 0.221. The SMILES string of the molecule is CC(=O)Oc1ccc(C(=O)[C@@H]2[C@H]3C(=O)N(c4ccc5c(c4)OCO5)C(=O)[C@H]3[C@@H]3c4ccccc4C=CN23)cc1. The summed E-state index contributed by atoms with van der Waals surface area (Å²) in [6.07, 6.45) is 3.72. The van der Waals surface area contributed by atoms with E-state index >= 15 is 0 Å². The van der Waals surface area contributed by atoms with Crippen molar-refractivity contribution in [1.82, 2.24) is 4.90 Å². The van der Waals surface area contributed by atoms with Crippen LogP contribution in [0.4, 0.5) is 5.69 Å². The number of rotatable bonds is 4. The van der Waals surface area contributed by atoms with Gasteiger partial charge in [-0.15, -0.1) is 0 Å². The van der Waals surface area contributed by atoms with E-state index in [9.17, 15) is 19.2 Å². The first kappa shape index (κ1) is 23.2. The topological polar surface area (TPSA) is 102 Å². The van der Waals surface area contributed by atoms with Gasteiger partial charge in [0.05, 0.1) is 23.6 Å². The summed E-state index contributed by atoms with van der Waals surface area (Å²) < 4.78 is 16.0. The molecule has 0 aromatic heterocycles. The molecule has 2 saturated heterocycles. The fraction of sp³-hybridized carbons (Fsp3) is 0.200. The monoisotopic (exact) mass is 522 g/mol. The van der Waals surface area contributed by atoms with Crippen LogP contribution >= 0.6 is 0 Å². The number of imide groups is 1. The lowest BCUT2D eigenvalue weighted by molar-refractivity contribution is -0.132. The van der Waals surface area contributed by atoms with Crippen LogP contribution in [0.1, 0.15) is 34.5 Å². The van der Waals surface area contributed by atoms with Crippen molar-refractivity contribution in [1.29, 1.82) is 0 Å². The first-order valence-electron chi connectivity index (χ1n) is 12.6. The lowest BCUT2D eigenvalue weighted by Gasteiger charge is -2.35. The zero-order valence-electron chi connectivity index (χ0n) is 20.8. The van der Waals surface area contributed by atoms with Gasteiger partial charge >= 0.3 is 5.97 Å². The molecule has 0 aliphatic carbocycles. The summed E-state index contributed by atoms with van der Waals surface area (Å²) >= 11 is 0. The van der Waals surface area contributed by atoms with E-state index in [2.05, 4.69) is 0 Å². The van der Waals surface area contributed by atoms with Gasteiger partial charge in [0.1, 0.15) is 11.8 Å². The van der Waals surface area contributed by atoms with Crippen LogP contribution in [-0.2, 0) is 14.4 Å². The Labute approximate surface area is 223 Å². The molecule has 0 N–H and O–H groups in total. The average Bonchev–Trinajstić information content (AvgIpc) is 3.61. The Morgan fingerprint density at radius 2 is 1.64 bits per heavy atom. The van der Waals surface area contributed by atoms with Crippen LogP contribution in [0.2, 0.25) is 0 Å². The number of carbonyl (C=O) groups is 4. The van der Waals surface area contributed by atoms with E-state index in [1.807, 2.05) is 41.4 Å². The number of ketones is 1. The molecule has 2 fully saturated rings. The van der Waals surface area contributed by atoms with E-state index in [4.69, 9.17) is 14.2 Å². The molecule has 2 amide bonds. The van der Waals surface area contributed by atoms with Crippen LogP contribution in [0.15, 0.2) is 72.9 Å². The summed E-state index contributed by atoms with van der Waals surface area (Å²) in [5, 5.41) is 0. The zero-order chi connectivity index (χ0) is 26.8. The molecule has 0 spiro atoms. The maximum absolute atomic E-state index is 14.0. The average molecular weight is 523 g/mol. The van der Waals surface area contributed by atoms with Crippen molar-refractivity contribution < 1.29 is 33.4 Å². The molecule has 7 rings (SSSR count). The molecule has 9 heteroatoms. The molecule has 3 aromatic carbocycles. The van der Waals surface area contributed by atoms with Crippen LogP contribution in [0.25, 0.3) is 6.08 Å². The van der Waals surface area contributed by atoms with Gasteiger partial charge in [0.2, 0.25) is 18.6 Å². The Hall–Kier alpha value is -4.92. The van der Waals surface area contributed by atoms with E-state index in [0.717, 1.165) is 11.1 Å². The Morgan fingerprint density at radius 3 is 2.44 bits per heavy atom. The maximum Gasteiger partial charge on any atom is 0.308 e. The van der Waals surface area contributed by atoms with Crippen molar-refractivity contribution in [3.63, 3.8) is 0 Å². The number of nitrogens with zero attached hydrogens (tertiary/aromatic N) is 2. The van der Waals surface area contributed by atoms with Gasteiger partial charge in [-0.3, -0.25) is 19.2 Å². The smallest absolute Gasteiger partial charge is 0.308 e. The number of ether oxygens (including phenoxy) is 3. The Morgan fingerprint density at radius 1 is 0.897 bits per heavy atom. The largest absolute Gasteiger partial charge is 0.454 e. The molecule has 4 aliphatic heterocycles. The first-order valence-corrected chi connectivity index (χ1v) is 12.6. The third-order valence-corrected chi connectivity index (χ3v) is 7.74. The number of hydrogen-bond acceptors (Lipinski definition) is 8. The number of amides is 2. The lowest BCUT2D eigenvalue weighted by atomic mass is 9.83. The predicted octanol–water partition coefficient (Wildman–Crippen LogP) is 3.74. The van der Waals surface area contributed by atoms with Gasteiger partial charge in [0.25, 0.3) is 0 Å². The second kappa shape index (κ2) is 8.56. The van der Waals surface area contributed by atoms with Crippen LogP contribution < -0.4 is 19.1 Å². The van der Waals surface area contributed by atoms with Crippen LogP contribution in [0.3, 0.4) is 0 Å². The van der Waals surface area contributed by atoms with Crippen molar-refractivity contribution in [2.75, 3.05) is 11.7 Å². The number of Topliss-reactive ketones (excluding diaryl/α,β-unsaturated/α-hetero) is 1. The lowest BCUT2D eigenvalue weighted by Crippen LogP contribution is -2.44. The van der Waals surface area contributed by atoms with Gasteiger partial charge in [0, 0.05) is 24.8 Å². The summed E-state index contributed by atoms with van der Waals surface area (Å²) in [7, 11) is 0. The second-order valence-corrected chi connectivity index (χ2v) is 9.86. The highest BCUT2D eigenvalue weighted by molar-refractivity contribution is 6.24. The molecular formula is C30H22N2O7. The van der Waals surface area contributed by atoms with E-state index in [1.54, 1.807) is 42.5 Å². The molecule has 0 unspecified atom stereocenters. The van der Waals surface area contributed by atoms with Crippen molar-refractivity contribution in [2.45, 2.75) is 19.0 Å². The van der Waals surface area contributed by atoms with Gasteiger partial charge in [-0.1, -0.05) is 24.3 Å². The molecule has 0 bridgehead atoms. The minimum absolute atomic E-state index is 0.0684. The summed E-state index contributed by atoms with van der Waals surface area (Å²) in [5.41, 5.74) is 2.57. The van der Waals surface area contributed by atoms with Gasteiger partial charge in [-0.05, 0) is 53.6 Å². The van der Waals surface area contributed by atoms with E-state index < -0.39 is 35.8 Å². The Kier molecular flexibility index (Phi) is 5.09. The molecule has 0 saturated carbocycles. The van der Waals surface area contributed by atoms with Crippen molar-refractivity contribution in [3.05, 3.63) is 89.6 Å². The van der Waals surface area contributed by atoms with E-state index in [1.165, 1.54) is 11.8 Å². The summed E-state index contributed by atoms with van der Waals surface area (Å²) in [5.74, 6) is -1.89. The summed E-state index contributed by atoms with van der Waals surface area (Å²) in [6.45, 7) is 1.37. The predicted molar refractivity (Wildman–Crippen MR) is 138 cm³/mol. The number of anilines is 1. The highest BCUT2D eigenvalue weighted by atomic mass is 16.7. The molecule has 4 heterocycles. The molecule has 3 aromatic rings. The summed E-state index contributed by atoms with van der Waals surface area (Å²) in [4.78, 5) is 56.5. The molecule has 194 valence electrons. The zero-order valence-corrected chi connectivity index (χ0v) is 20.8. The molecular weight excluding hydrogens is 500 g/mol. The highest BCUT2D eigenvalue weighted by Crippen LogP contribution is 2.54. The Balaban J connectivity index is 1.31. The fourth-order valence-corrected chi connectivity index (χ4v) is 6.16. The third kappa shape index (κ3) is 3.46. The van der Waals surface area contributed by atoms with Crippen molar-refractivity contribution >= 4 is 35.3 Å². The molecule has 4 aliphatic rings. The van der Waals surface area contributed by atoms with Crippen LogP contribution in [-0.4, -0.2) is 41.3 Å². The third-order valence-electron chi connectivity index (χ3n) is 7.74. The van der Waals surface area contributed by atoms with E-state index in [0.29, 0.717) is 28.5 Å². The standard InChI is InChI=1S/C30H22N2O7/c1-16(33)39-20-9-6-18(7-10-20)28(34)27-25-24(26-21-5-3-2-4-17(21)12-13-31(26)27)29(35)32(30(25)36)19-8-11-22-23(14-19)38-15-37-22/h2-14,24-27H,15H2,1H3/t24-,25+,26+,27+/m1/s1. The van der Waals surface area contributed by atoms with Crippen LogP contribution in [0.5, 0.6) is 17.2 Å². The van der Waals surface area contributed by atoms with Crippen LogP contribution in [0, 0.1) is 11.8 Å². The van der Waals surface area contributed by atoms with Gasteiger partial charge in [-0.2, -0.15) is 0 Å². The van der Waals surface area contributed by atoms with Gasteiger partial charge < -0.3 is 19.1 Å². The minimum Gasteiger partial charge on any atom is -0.454 e. The number of fused-ring (bicyclic) bond motifs is 6. The van der Waals surface area contributed by atoms with Gasteiger partial charge in [0.15, 0.2) is 17.3 Å². The first-order chi connectivity index (χ1) is 18.9. The fourth-order valence-electron chi connectivity index (χ4n) is 6.16. The number of benzene rings is 3. The van der Waals surface area contributed by atoms with Gasteiger partial charge in [-0.25, -0.2) is 4.90 Å². The van der Waals surface area contributed by atoms with Crippen molar-refractivity contribution in [2.24, 2.45) is 11.8 Å². The maximum atomic E-state index is 14.0. The molecule has 39 heavy (non-hydrogen) atoms. The molecule has 9 nitrogen and oxygen atoms in total. The van der Waals surface area contributed by atoms with Crippen molar-refractivity contribution in [3.8, 4) is 17.2 Å². The molecule has 4 atom stereocenters. The second-order valence-electron chi connectivity index (χ2n) is 9.86. The minimum atomic E-state index is -0.903. The number of esters is 1. The summed E-state index contributed by atoms with van der Waals surface area (Å²) in [6, 6.07) is 17.5. The number of carbonyl (C=O) groups excluding carboxylic acids is 4. The highest BCUT2D eigenvalue weighted by Gasteiger charge is 2.64. The number of hydrogen-bond donors (Lipinski definition) is 0. The Bertz CT molecular complexity index is 1600.